The van der Waals surface area contributed by atoms with Crippen molar-refractivity contribution < 1.29 is 4.79 Å². The van der Waals surface area contributed by atoms with Gasteiger partial charge in [-0.3, -0.25) is 9.69 Å². The maximum atomic E-state index is 12.4. The van der Waals surface area contributed by atoms with E-state index in [0.717, 1.165) is 11.6 Å². The molecule has 0 bridgehead atoms. The quantitative estimate of drug-likeness (QED) is 0.837. The average Bonchev–Trinajstić information content (AvgIpc) is 2.49. The highest BCUT2D eigenvalue weighted by molar-refractivity contribution is 5.94. The standard InChI is InChI=1S/C17H27N3O/c1-12-4-10-16(11-5-12)20(3)13(2)17(21)19-15-8-6-14(18)7-9-15/h6-9,12-13,16H,4-5,10-11,18H2,1-3H3,(H,19,21). The Kier molecular flexibility index (Phi) is 5.23. The Morgan fingerprint density at radius 2 is 1.81 bits per heavy atom. The van der Waals surface area contributed by atoms with Crippen molar-refractivity contribution in [3.63, 3.8) is 0 Å². The number of carbonyl (C=O) groups excluding carboxylic acids is 1. The molecule has 1 unspecified atom stereocenters. The van der Waals surface area contributed by atoms with E-state index in [-0.39, 0.29) is 11.9 Å². The van der Waals surface area contributed by atoms with E-state index in [0.29, 0.717) is 11.7 Å². The van der Waals surface area contributed by atoms with Crippen molar-refractivity contribution in [1.82, 2.24) is 4.90 Å². The fourth-order valence-corrected chi connectivity index (χ4v) is 2.96. The first-order valence-corrected chi connectivity index (χ1v) is 7.85. The number of hydrogen-bond donors (Lipinski definition) is 2. The van der Waals surface area contributed by atoms with Crippen molar-refractivity contribution in [2.75, 3.05) is 18.1 Å². The maximum Gasteiger partial charge on any atom is 0.241 e. The Morgan fingerprint density at radius 1 is 1.24 bits per heavy atom. The molecule has 1 saturated carbocycles. The molecule has 21 heavy (non-hydrogen) atoms. The molecular weight excluding hydrogens is 262 g/mol. The Morgan fingerprint density at radius 3 is 2.38 bits per heavy atom. The second kappa shape index (κ2) is 6.94. The van der Waals surface area contributed by atoms with Gasteiger partial charge in [0.05, 0.1) is 6.04 Å². The molecule has 0 heterocycles. The number of nitrogens with zero attached hydrogens (tertiary/aromatic N) is 1. The minimum atomic E-state index is -0.124. The fourth-order valence-electron chi connectivity index (χ4n) is 2.96. The molecule has 3 N–H and O–H groups in total. The third-order valence-electron chi connectivity index (χ3n) is 4.73. The molecule has 1 aromatic carbocycles. The number of benzene rings is 1. The molecule has 1 aliphatic carbocycles. The van der Waals surface area contributed by atoms with E-state index in [1.54, 1.807) is 12.1 Å². The summed E-state index contributed by atoms with van der Waals surface area (Å²) >= 11 is 0. The van der Waals surface area contributed by atoms with Gasteiger partial charge in [-0.05, 0) is 69.8 Å². The lowest BCUT2D eigenvalue weighted by Gasteiger charge is -2.36. The molecule has 4 heteroatoms. The van der Waals surface area contributed by atoms with Crippen molar-refractivity contribution in [3.8, 4) is 0 Å². The predicted molar refractivity (Wildman–Crippen MR) is 88.1 cm³/mol. The predicted octanol–water partition coefficient (Wildman–Crippen LogP) is 3.11. The number of rotatable bonds is 4. The van der Waals surface area contributed by atoms with Crippen LogP contribution in [0.1, 0.15) is 39.5 Å². The van der Waals surface area contributed by atoms with Crippen molar-refractivity contribution in [3.05, 3.63) is 24.3 Å². The second-order valence-electron chi connectivity index (χ2n) is 6.37. The summed E-state index contributed by atoms with van der Waals surface area (Å²) in [6, 6.07) is 7.66. The number of anilines is 2. The molecule has 1 aromatic rings. The van der Waals surface area contributed by atoms with Crippen molar-refractivity contribution in [2.24, 2.45) is 5.92 Å². The molecule has 0 saturated heterocycles. The van der Waals surface area contributed by atoms with Crippen LogP contribution < -0.4 is 11.1 Å². The number of nitrogens with two attached hydrogens (primary N) is 1. The van der Waals surface area contributed by atoms with Crippen LogP contribution in [0.4, 0.5) is 11.4 Å². The highest BCUT2D eigenvalue weighted by Gasteiger charge is 2.27. The summed E-state index contributed by atoms with van der Waals surface area (Å²) in [5, 5.41) is 2.96. The highest BCUT2D eigenvalue weighted by Crippen LogP contribution is 2.27. The zero-order chi connectivity index (χ0) is 15.4. The monoisotopic (exact) mass is 289 g/mol. The van der Waals surface area contributed by atoms with E-state index in [9.17, 15) is 4.79 Å². The third-order valence-corrected chi connectivity index (χ3v) is 4.73. The van der Waals surface area contributed by atoms with Gasteiger partial charge in [0.25, 0.3) is 0 Å². The van der Waals surface area contributed by atoms with Gasteiger partial charge in [0.15, 0.2) is 0 Å². The first-order chi connectivity index (χ1) is 9.97. The number of nitrogens with one attached hydrogen (secondary N) is 1. The molecule has 2 rings (SSSR count). The minimum absolute atomic E-state index is 0.0425. The van der Waals surface area contributed by atoms with E-state index < -0.39 is 0 Å². The summed E-state index contributed by atoms with van der Waals surface area (Å²) in [5.74, 6) is 0.870. The van der Waals surface area contributed by atoms with E-state index in [4.69, 9.17) is 5.73 Å². The van der Waals surface area contributed by atoms with Gasteiger partial charge in [-0.25, -0.2) is 0 Å². The fraction of sp³-hybridized carbons (Fsp3) is 0.588. The van der Waals surface area contributed by atoms with Gasteiger partial charge in [0, 0.05) is 17.4 Å². The minimum Gasteiger partial charge on any atom is -0.399 e. The van der Waals surface area contributed by atoms with Crippen molar-refractivity contribution in [2.45, 2.75) is 51.6 Å². The molecule has 0 aliphatic heterocycles. The second-order valence-corrected chi connectivity index (χ2v) is 6.37. The lowest BCUT2D eigenvalue weighted by molar-refractivity contribution is -0.121. The molecule has 1 aliphatic rings. The Bertz CT molecular complexity index is 463. The average molecular weight is 289 g/mol. The lowest BCUT2D eigenvalue weighted by atomic mass is 9.86. The van der Waals surface area contributed by atoms with Gasteiger partial charge < -0.3 is 11.1 Å². The first kappa shape index (κ1) is 15.8. The number of nitrogen functional groups attached to an aromatic ring is 1. The summed E-state index contributed by atoms with van der Waals surface area (Å²) in [6.07, 6.45) is 4.91. The normalized spacial score (nSPS) is 23.8. The van der Waals surface area contributed by atoms with Crippen LogP contribution in [0.5, 0.6) is 0 Å². The van der Waals surface area contributed by atoms with Crippen molar-refractivity contribution >= 4 is 17.3 Å². The SMILES string of the molecule is CC1CCC(N(C)C(C)C(=O)Nc2ccc(N)cc2)CC1. The molecular formula is C17H27N3O. The van der Waals surface area contributed by atoms with Crippen LogP contribution in [-0.2, 0) is 4.79 Å². The van der Waals surface area contributed by atoms with Gasteiger partial charge in [0.2, 0.25) is 5.91 Å². The largest absolute Gasteiger partial charge is 0.399 e. The Balaban J connectivity index is 1.90. The van der Waals surface area contributed by atoms with E-state index >= 15 is 0 Å². The molecule has 4 nitrogen and oxygen atoms in total. The summed E-state index contributed by atoms with van der Waals surface area (Å²) < 4.78 is 0. The molecule has 1 atom stereocenters. The van der Waals surface area contributed by atoms with Crippen LogP contribution in [0.15, 0.2) is 24.3 Å². The Labute approximate surface area is 127 Å². The lowest BCUT2D eigenvalue weighted by Crippen LogP contribution is -2.46. The van der Waals surface area contributed by atoms with Gasteiger partial charge in [0.1, 0.15) is 0 Å². The number of hydrogen-bond acceptors (Lipinski definition) is 3. The van der Waals surface area contributed by atoms with Crippen LogP contribution in [0.3, 0.4) is 0 Å². The highest BCUT2D eigenvalue weighted by atomic mass is 16.2. The van der Waals surface area contributed by atoms with E-state index in [1.807, 2.05) is 19.1 Å². The van der Waals surface area contributed by atoms with Gasteiger partial charge in [-0.2, -0.15) is 0 Å². The number of likely N-dealkylation sites (N-methyl/N-ethyl adjacent to an activating group) is 1. The van der Waals surface area contributed by atoms with Crippen LogP contribution in [-0.4, -0.2) is 29.9 Å². The molecule has 1 fully saturated rings. The van der Waals surface area contributed by atoms with Crippen molar-refractivity contribution in [1.29, 1.82) is 0 Å². The number of amides is 1. The van der Waals surface area contributed by atoms with E-state index in [1.165, 1.54) is 25.7 Å². The van der Waals surface area contributed by atoms with Gasteiger partial charge in [-0.15, -0.1) is 0 Å². The summed E-state index contributed by atoms with van der Waals surface area (Å²) in [4.78, 5) is 14.6. The van der Waals surface area contributed by atoms with Gasteiger partial charge in [-0.1, -0.05) is 6.92 Å². The Hall–Kier alpha value is -1.55. The number of carbonyl (C=O) groups is 1. The molecule has 0 radical (unpaired) electrons. The van der Waals surface area contributed by atoms with Crippen LogP contribution >= 0.6 is 0 Å². The van der Waals surface area contributed by atoms with Crippen LogP contribution in [0.2, 0.25) is 0 Å². The molecule has 0 aromatic heterocycles. The summed E-state index contributed by atoms with van der Waals surface area (Å²) in [7, 11) is 2.06. The van der Waals surface area contributed by atoms with Crippen LogP contribution in [0, 0.1) is 5.92 Å². The zero-order valence-electron chi connectivity index (χ0n) is 13.3. The molecule has 0 spiro atoms. The maximum absolute atomic E-state index is 12.4. The smallest absolute Gasteiger partial charge is 0.241 e. The van der Waals surface area contributed by atoms with Gasteiger partial charge >= 0.3 is 0 Å². The first-order valence-electron chi connectivity index (χ1n) is 7.85. The molecule has 116 valence electrons. The topological polar surface area (TPSA) is 58.4 Å². The third kappa shape index (κ3) is 4.21. The summed E-state index contributed by atoms with van der Waals surface area (Å²) in [5.41, 5.74) is 7.15. The van der Waals surface area contributed by atoms with Crippen LogP contribution in [0.25, 0.3) is 0 Å². The van der Waals surface area contributed by atoms with E-state index in [2.05, 4.69) is 24.2 Å². The molecule has 1 amide bonds. The zero-order valence-corrected chi connectivity index (χ0v) is 13.3. The summed E-state index contributed by atoms with van der Waals surface area (Å²) in [6.45, 7) is 4.29.